The molecule has 0 fully saturated rings. The average Bonchev–Trinajstić information content (AvgIpc) is 3.41. The van der Waals surface area contributed by atoms with Gasteiger partial charge in [-0.1, -0.05) is 6.07 Å². The Morgan fingerprint density at radius 1 is 1.03 bits per heavy atom. The van der Waals surface area contributed by atoms with Crippen molar-refractivity contribution in [2.24, 2.45) is 0 Å². The number of carbonyl (C=O) groups excluding carboxylic acids is 2. The number of ether oxygens (including phenoxy) is 4. The molecule has 1 aromatic heterocycles. The van der Waals surface area contributed by atoms with Gasteiger partial charge in [0.2, 0.25) is 5.78 Å². The summed E-state index contributed by atoms with van der Waals surface area (Å²) in [5, 5.41) is 0. The highest BCUT2D eigenvalue weighted by atomic mass is 16.5. The van der Waals surface area contributed by atoms with Crippen LogP contribution in [-0.4, -0.2) is 26.0 Å². The van der Waals surface area contributed by atoms with E-state index in [4.69, 9.17) is 23.4 Å². The molecule has 2 aromatic carbocycles. The molecule has 2 aliphatic heterocycles. The molecular formula is C24H18O7. The summed E-state index contributed by atoms with van der Waals surface area (Å²) in [4.78, 5) is 25.3. The van der Waals surface area contributed by atoms with Crippen LogP contribution in [-0.2, 0) is 4.79 Å². The topological polar surface area (TPSA) is 84.2 Å². The van der Waals surface area contributed by atoms with E-state index < -0.39 is 5.92 Å². The first kappa shape index (κ1) is 19.0. The summed E-state index contributed by atoms with van der Waals surface area (Å²) in [7, 11) is 3.13. The third kappa shape index (κ3) is 3.15. The van der Waals surface area contributed by atoms with Crippen molar-refractivity contribution < 1.29 is 33.0 Å². The predicted octanol–water partition coefficient (Wildman–Crippen LogP) is 4.35. The quantitative estimate of drug-likeness (QED) is 0.354. The summed E-state index contributed by atoms with van der Waals surface area (Å²) in [6.07, 6.45) is 3.15. The minimum absolute atomic E-state index is 0.0843. The first-order chi connectivity index (χ1) is 15.1. The molecule has 1 unspecified atom stereocenters. The molecule has 0 radical (unpaired) electrons. The Morgan fingerprint density at radius 2 is 1.90 bits per heavy atom. The van der Waals surface area contributed by atoms with Crippen LogP contribution in [0.1, 0.15) is 39.6 Å². The number of benzene rings is 2. The number of hydrogen-bond donors (Lipinski definition) is 0. The molecule has 0 aliphatic carbocycles. The first-order valence-corrected chi connectivity index (χ1v) is 9.66. The zero-order valence-corrected chi connectivity index (χ0v) is 16.8. The van der Waals surface area contributed by atoms with Crippen molar-refractivity contribution in [2.75, 3.05) is 14.2 Å². The van der Waals surface area contributed by atoms with E-state index in [0.29, 0.717) is 39.9 Å². The minimum Gasteiger partial charge on any atom is -0.497 e. The Hall–Kier alpha value is -4.00. The summed E-state index contributed by atoms with van der Waals surface area (Å²) < 4.78 is 27.6. The van der Waals surface area contributed by atoms with Gasteiger partial charge in [-0.25, -0.2) is 0 Å². The van der Waals surface area contributed by atoms with Crippen molar-refractivity contribution in [3.8, 4) is 23.0 Å². The maximum Gasteiger partial charge on any atom is 0.312 e. The SMILES string of the molecule is COc1ccc(C2CC(=O)Oc3ccc4c(c32)OC(=Cc2ccco2)C4=O)c(OC)c1. The predicted molar refractivity (Wildman–Crippen MR) is 110 cm³/mol. The third-order valence-electron chi connectivity index (χ3n) is 5.41. The maximum atomic E-state index is 12.9. The lowest BCUT2D eigenvalue weighted by Gasteiger charge is -2.27. The van der Waals surface area contributed by atoms with Gasteiger partial charge < -0.3 is 23.4 Å². The van der Waals surface area contributed by atoms with Crippen LogP contribution in [0.5, 0.6) is 23.0 Å². The van der Waals surface area contributed by atoms with Crippen LogP contribution in [0.4, 0.5) is 0 Å². The fourth-order valence-electron chi connectivity index (χ4n) is 3.98. The van der Waals surface area contributed by atoms with Crippen LogP contribution in [0.15, 0.2) is 58.9 Å². The van der Waals surface area contributed by atoms with Crippen LogP contribution in [0.25, 0.3) is 6.08 Å². The van der Waals surface area contributed by atoms with E-state index in [2.05, 4.69) is 0 Å². The summed E-state index contributed by atoms with van der Waals surface area (Å²) in [6.45, 7) is 0. The molecule has 0 N–H and O–H groups in total. The minimum atomic E-state index is -0.414. The first-order valence-electron chi connectivity index (χ1n) is 9.66. The van der Waals surface area contributed by atoms with E-state index in [0.717, 1.165) is 5.56 Å². The monoisotopic (exact) mass is 418 g/mol. The van der Waals surface area contributed by atoms with Crippen molar-refractivity contribution in [3.63, 3.8) is 0 Å². The molecule has 0 spiro atoms. The van der Waals surface area contributed by atoms with E-state index in [1.54, 1.807) is 56.7 Å². The lowest BCUT2D eigenvalue weighted by Crippen LogP contribution is -2.22. The second-order valence-electron chi connectivity index (χ2n) is 7.15. The second-order valence-corrected chi connectivity index (χ2v) is 7.15. The molecule has 1 atom stereocenters. The number of esters is 1. The number of ketones is 1. The van der Waals surface area contributed by atoms with Gasteiger partial charge in [0.25, 0.3) is 0 Å². The van der Waals surface area contributed by atoms with Crippen LogP contribution in [0.2, 0.25) is 0 Å². The van der Waals surface area contributed by atoms with Gasteiger partial charge in [0.1, 0.15) is 28.8 Å². The molecule has 31 heavy (non-hydrogen) atoms. The molecule has 7 nitrogen and oxygen atoms in total. The number of fused-ring (bicyclic) bond motifs is 3. The molecule has 5 rings (SSSR count). The van der Waals surface area contributed by atoms with Gasteiger partial charge in [0.15, 0.2) is 5.76 Å². The summed E-state index contributed by atoms with van der Waals surface area (Å²) in [5.41, 5.74) is 1.82. The number of Topliss-reactive ketones (excluding diaryl/α,β-unsaturated/α-hetero) is 1. The highest BCUT2D eigenvalue weighted by molar-refractivity contribution is 6.15. The molecule has 7 heteroatoms. The molecule has 156 valence electrons. The van der Waals surface area contributed by atoms with Gasteiger partial charge >= 0.3 is 5.97 Å². The summed E-state index contributed by atoms with van der Waals surface area (Å²) in [6, 6.07) is 12.1. The zero-order valence-electron chi connectivity index (χ0n) is 16.8. The van der Waals surface area contributed by atoms with Gasteiger partial charge in [-0.2, -0.15) is 0 Å². The number of allylic oxidation sites excluding steroid dienone is 1. The fraction of sp³-hybridized carbons (Fsp3) is 0.167. The largest absolute Gasteiger partial charge is 0.497 e. The fourth-order valence-corrected chi connectivity index (χ4v) is 3.98. The molecular weight excluding hydrogens is 400 g/mol. The maximum absolute atomic E-state index is 12.9. The van der Waals surface area contributed by atoms with Crippen LogP contribution in [0, 0.1) is 0 Å². The highest BCUT2D eigenvalue weighted by Crippen LogP contribution is 2.50. The lowest BCUT2D eigenvalue weighted by atomic mass is 9.84. The zero-order chi connectivity index (χ0) is 21.5. The van der Waals surface area contributed by atoms with Crippen LogP contribution >= 0.6 is 0 Å². The van der Waals surface area contributed by atoms with Crippen molar-refractivity contribution in [2.45, 2.75) is 12.3 Å². The van der Waals surface area contributed by atoms with Crippen molar-refractivity contribution >= 4 is 17.8 Å². The van der Waals surface area contributed by atoms with E-state index >= 15 is 0 Å². The summed E-state index contributed by atoms with van der Waals surface area (Å²) in [5.74, 6) is 1.56. The van der Waals surface area contributed by atoms with Gasteiger partial charge in [0, 0.05) is 29.2 Å². The number of hydrogen-bond acceptors (Lipinski definition) is 7. The molecule has 3 aromatic rings. The van der Waals surface area contributed by atoms with Crippen molar-refractivity contribution in [1.82, 2.24) is 0 Å². The number of furan rings is 1. The normalized spacial score (nSPS) is 18.3. The Morgan fingerprint density at radius 3 is 2.65 bits per heavy atom. The molecule has 3 heterocycles. The van der Waals surface area contributed by atoms with E-state index in [1.165, 1.54) is 6.26 Å². The van der Waals surface area contributed by atoms with Crippen LogP contribution < -0.4 is 18.9 Å². The summed E-state index contributed by atoms with van der Waals surface area (Å²) >= 11 is 0. The highest BCUT2D eigenvalue weighted by Gasteiger charge is 2.39. The third-order valence-corrected chi connectivity index (χ3v) is 5.41. The standard InChI is InChI=1S/C24H18O7/c1-27-13-5-6-15(19(10-13)28-2)17-12-21(25)30-18-8-7-16-23(26)20(31-24(16)22(17)18)11-14-4-3-9-29-14/h3-11,17H,12H2,1-2H3. The van der Waals surface area contributed by atoms with E-state index in [9.17, 15) is 9.59 Å². The molecule has 0 saturated carbocycles. The van der Waals surface area contributed by atoms with Crippen molar-refractivity contribution in [3.05, 3.63) is 76.9 Å². The smallest absolute Gasteiger partial charge is 0.312 e. The van der Waals surface area contributed by atoms with Gasteiger partial charge in [0.05, 0.1) is 32.5 Å². The Kier molecular flexibility index (Phi) is 4.51. The van der Waals surface area contributed by atoms with Gasteiger partial charge in [-0.3, -0.25) is 9.59 Å². The van der Waals surface area contributed by atoms with E-state index in [1.807, 2.05) is 6.07 Å². The number of methoxy groups -OCH3 is 2. The van der Waals surface area contributed by atoms with Gasteiger partial charge in [-0.15, -0.1) is 0 Å². The Labute approximate surface area is 177 Å². The van der Waals surface area contributed by atoms with E-state index in [-0.39, 0.29) is 23.9 Å². The Balaban J connectivity index is 1.65. The molecule has 2 aliphatic rings. The van der Waals surface area contributed by atoms with Gasteiger partial charge in [-0.05, 0) is 30.3 Å². The van der Waals surface area contributed by atoms with Crippen LogP contribution in [0.3, 0.4) is 0 Å². The molecule has 0 bridgehead atoms. The Bertz CT molecular complexity index is 1220. The number of carbonyl (C=O) groups is 2. The lowest BCUT2D eigenvalue weighted by molar-refractivity contribution is -0.135. The average molecular weight is 418 g/mol. The second kappa shape index (κ2) is 7.36. The molecule has 0 saturated heterocycles. The molecule has 0 amide bonds. The number of rotatable bonds is 4. The van der Waals surface area contributed by atoms with Crippen molar-refractivity contribution in [1.29, 1.82) is 0 Å².